The highest BCUT2D eigenvalue weighted by atomic mass is 19.1. The Labute approximate surface area is 115 Å². The lowest BCUT2D eigenvalue weighted by Crippen LogP contribution is -2.37. The zero-order chi connectivity index (χ0) is 14.6. The first-order chi connectivity index (χ1) is 8.92. The van der Waals surface area contributed by atoms with E-state index in [-0.39, 0.29) is 11.9 Å². The minimum absolute atomic E-state index is 0.164. The normalized spacial score (nSPS) is 14.3. The van der Waals surface area contributed by atoms with Crippen molar-refractivity contribution in [2.75, 3.05) is 25.2 Å². The number of hydrogen-bond acceptors (Lipinski definition) is 3. The summed E-state index contributed by atoms with van der Waals surface area (Å²) in [6.07, 6.45) is -0.700. The molecule has 1 unspecified atom stereocenters. The molecule has 0 spiro atoms. The zero-order valence-corrected chi connectivity index (χ0v) is 12.4. The second kappa shape index (κ2) is 6.87. The molecule has 4 heteroatoms. The number of aliphatic hydroxyl groups excluding tert-OH is 1. The van der Waals surface area contributed by atoms with Crippen LogP contribution in [0.4, 0.5) is 10.1 Å². The lowest BCUT2D eigenvalue weighted by atomic mass is 10.0. The average molecular weight is 269 g/mol. The lowest BCUT2D eigenvalue weighted by Gasteiger charge is -2.32. The van der Waals surface area contributed by atoms with Gasteiger partial charge in [0.15, 0.2) is 0 Å². The molecule has 0 saturated carbocycles. The quantitative estimate of drug-likeness (QED) is 0.861. The third-order valence-electron chi connectivity index (χ3n) is 3.35. The summed E-state index contributed by atoms with van der Waals surface area (Å²) in [5.74, 6) is -0.282. The molecule has 108 valence electrons. The maximum Gasteiger partial charge on any atom is 0.126 e. The van der Waals surface area contributed by atoms with Gasteiger partial charge in [0.2, 0.25) is 0 Å². The van der Waals surface area contributed by atoms with E-state index >= 15 is 0 Å². The van der Waals surface area contributed by atoms with Crippen LogP contribution >= 0.6 is 0 Å². The molecule has 0 heterocycles. The molecule has 0 radical (unpaired) electrons. The summed E-state index contributed by atoms with van der Waals surface area (Å²) < 4.78 is 18.9. The third kappa shape index (κ3) is 3.67. The number of benzene rings is 1. The largest absolute Gasteiger partial charge is 0.389 e. The Balaban J connectivity index is 3.25. The summed E-state index contributed by atoms with van der Waals surface area (Å²) in [6, 6.07) is 3.39. The highest BCUT2D eigenvalue weighted by Crippen LogP contribution is 2.30. The second-order valence-electron chi connectivity index (χ2n) is 4.93. The van der Waals surface area contributed by atoms with Crippen LogP contribution in [0.15, 0.2) is 12.1 Å². The van der Waals surface area contributed by atoms with Crippen molar-refractivity contribution in [3.8, 4) is 0 Å². The first-order valence-electron chi connectivity index (χ1n) is 6.66. The molecule has 1 aromatic rings. The molecular formula is C15H24FNO2. The van der Waals surface area contributed by atoms with Gasteiger partial charge in [-0.15, -0.1) is 0 Å². The number of ether oxygens (including phenoxy) is 1. The number of anilines is 1. The van der Waals surface area contributed by atoms with E-state index < -0.39 is 6.10 Å². The summed E-state index contributed by atoms with van der Waals surface area (Å²) in [5, 5.41) is 9.85. The minimum Gasteiger partial charge on any atom is -0.389 e. The first-order valence-corrected chi connectivity index (χ1v) is 6.66. The van der Waals surface area contributed by atoms with Gasteiger partial charge in [0.05, 0.1) is 12.7 Å². The van der Waals surface area contributed by atoms with Gasteiger partial charge in [0.25, 0.3) is 0 Å². The van der Waals surface area contributed by atoms with E-state index in [1.807, 2.05) is 6.92 Å². The Morgan fingerprint density at radius 1 is 1.37 bits per heavy atom. The number of nitrogens with zero attached hydrogens (tertiary/aromatic N) is 1. The van der Waals surface area contributed by atoms with Gasteiger partial charge in [-0.2, -0.15) is 0 Å². The highest BCUT2D eigenvalue weighted by molar-refractivity contribution is 5.57. The van der Waals surface area contributed by atoms with Crippen LogP contribution in [-0.4, -0.2) is 31.4 Å². The predicted molar refractivity (Wildman–Crippen MR) is 76.1 cm³/mol. The molecule has 0 amide bonds. The van der Waals surface area contributed by atoms with Crippen LogP contribution in [0.5, 0.6) is 0 Å². The number of hydrogen-bond donors (Lipinski definition) is 1. The summed E-state index contributed by atoms with van der Waals surface area (Å²) in [5.41, 5.74) is 2.08. The van der Waals surface area contributed by atoms with Gasteiger partial charge in [0, 0.05) is 30.9 Å². The lowest BCUT2D eigenvalue weighted by molar-refractivity contribution is 0.180. The number of likely N-dealkylation sites (N-methyl/N-ethyl adjacent to an activating group) is 1. The van der Waals surface area contributed by atoms with Crippen molar-refractivity contribution in [3.05, 3.63) is 29.1 Å². The molecule has 0 aliphatic rings. The number of rotatable bonds is 6. The van der Waals surface area contributed by atoms with E-state index in [1.165, 1.54) is 6.07 Å². The smallest absolute Gasteiger partial charge is 0.126 e. The second-order valence-corrected chi connectivity index (χ2v) is 4.93. The van der Waals surface area contributed by atoms with E-state index in [1.54, 1.807) is 27.0 Å². The molecule has 0 saturated heterocycles. The highest BCUT2D eigenvalue weighted by Gasteiger charge is 2.20. The number of aliphatic hydroxyl groups is 1. The van der Waals surface area contributed by atoms with Crippen molar-refractivity contribution >= 4 is 5.69 Å². The van der Waals surface area contributed by atoms with Crippen LogP contribution in [0, 0.1) is 12.7 Å². The molecular weight excluding hydrogens is 245 g/mol. The molecule has 1 aromatic carbocycles. The van der Waals surface area contributed by atoms with Gasteiger partial charge in [-0.1, -0.05) is 0 Å². The van der Waals surface area contributed by atoms with Crippen molar-refractivity contribution in [1.82, 2.24) is 0 Å². The van der Waals surface area contributed by atoms with Gasteiger partial charge in [0.1, 0.15) is 5.82 Å². The monoisotopic (exact) mass is 269 g/mol. The number of halogens is 1. The summed E-state index contributed by atoms with van der Waals surface area (Å²) in [6.45, 7) is 8.84. The van der Waals surface area contributed by atoms with Gasteiger partial charge in [-0.25, -0.2) is 4.39 Å². The van der Waals surface area contributed by atoms with Crippen molar-refractivity contribution in [2.45, 2.75) is 39.8 Å². The third-order valence-corrected chi connectivity index (χ3v) is 3.35. The SMILES string of the molecule is CCN(c1cc(C)c(F)cc1[C@H](C)O)C(C)COC. The van der Waals surface area contributed by atoms with Gasteiger partial charge in [-0.3, -0.25) is 0 Å². The van der Waals surface area contributed by atoms with Crippen LogP contribution in [0.3, 0.4) is 0 Å². The fourth-order valence-electron chi connectivity index (χ4n) is 2.32. The van der Waals surface area contributed by atoms with Crippen LogP contribution in [0.25, 0.3) is 0 Å². The molecule has 19 heavy (non-hydrogen) atoms. The first kappa shape index (κ1) is 15.9. The molecule has 0 bridgehead atoms. The van der Waals surface area contributed by atoms with Crippen LogP contribution in [0.1, 0.15) is 38.0 Å². The van der Waals surface area contributed by atoms with E-state index in [0.29, 0.717) is 17.7 Å². The molecule has 0 aliphatic carbocycles. The maximum absolute atomic E-state index is 13.7. The summed E-state index contributed by atoms with van der Waals surface area (Å²) >= 11 is 0. The average Bonchev–Trinajstić information content (AvgIpc) is 2.34. The van der Waals surface area contributed by atoms with E-state index in [9.17, 15) is 9.50 Å². The van der Waals surface area contributed by atoms with Crippen molar-refractivity contribution in [3.63, 3.8) is 0 Å². The van der Waals surface area contributed by atoms with E-state index in [2.05, 4.69) is 11.8 Å². The van der Waals surface area contributed by atoms with Crippen LogP contribution < -0.4 is 4.90 Å². The van der Waals surface area contributed by atoms with Gasteiger partial charge >= 0.3 is 0 Å². The Bertz CT molecular complexity index is 421. The maximum atomic E-state index is 13.7. The molecule has 0 fully saturated rings. The molecule has 2 atom stereocenters. The fourth-order valence-corrected chi connectivity index (χ4v) is 2.32. The molecule has 0 aromatic heterocycles. The van der Waals surface area contributed by atoms with Crippen molar-refractivity contribution in [1.29, 1.82) is 0 Å². The van der Waals surface area contributed by atoms with E-state index in [4.69, 9.17) is 4.74 Å². The Morgan fingerprint density at radius 3 is 2.47 bits per heavy atom. The zero-order valence-electron chi connectivity index (χ0n) is 12.4. The predicted octanol–water partition coefficient (Wildman–Crippen LogP) is 3.05. The molecule has 3 nitrogen and oxygen atoms in total. The summed E-state index contributed by atoms with van der Waals surface area (Å²) in [7, 11) is 1.66. The fraction of sp³-hybridized carbons (Fsp3) is 0.600. The Kier molecular flexibility index (Phi) is 5.76. The summed E-state index contributed by atoms with van der Waals surface area (Å²) in [4.78, 5) is 2.12. The standard InChI is InChI=1S/C15H24FNO2/c1-6-17(11(3)9-19-5)15-7-10(2)14(16)8-13(15)12(4)18/h7-8,11-12,18H,6,9H2,1-5H3/t11?,12-/m0/s1. The molecule has 1 N–H and O–H groups in total. The van der Waals surface area contributed by atoms with E-state index in [0.717, 1.165) is 12.2 Å². The van der Waals surface area contributed by atoms with Crippen molar-refractivity contribution < 1.29 is 14.2 Å². The van der Waals surface area contributed by atoms with Crippen LogP contribution in [-0.2, 0) is 4.74 Å². The number of aryl methyl sites for hydroxylation is 1. The molecule has 0 aliphatic heterocycles. The molecule has 1 rings (SSSR count). The van der Waals surface area contributed by atoms with Crippen molar-refractivity contribution in [2.24, 2.45) is 0 Å². The Morgan fingerprint density at radius 2 is 2.00 bits per heavy atom. The van der Waals surface area contributed by atoms with Gasteiger partial charge in [-0.05, 0) is 45.4 Å². The van der Waals surface area contributed by atoms with Gasteiger partial charge < -0.3 is 14.7 Å². The number of methoxy groups -OCH3 is 1. The minimum atomic E-state index is -0.700. The topological polar surface area (TPSA) is 32.7 Å². The van der Waals surface area contributed by atoms with Crippen LogP contribution in [0.2, 0.25) is 0 Å². The Hall–Kier alpha value is -1.13.